The van der Waals surface area contributed by atoms with Gasteiger partial charge in [-0.15, -0.1) is 11.3 Å². The highest BCUT2D eigenvalue weighted by molar-refractivity contribution is 9.10. The highest BCUT2D eigenvalue weighted by atomic mass is 79.9. The van der Waals surface area contributed by atoms with Gasteiger partial charge in [0.15, 0.2) is 0 Å². The number of thiophene rings is 1. The number of ketones is 1. The van der Waals surface area contributed by atoms with Crippen LogP contribution in [0, 0.1) is 23.6 Å². The first-order valence-electron chi connectivity index (χ1n) is 10.5. The van der Waals surface area contributed by atoms with Crippen molar-refractivity contribution >= 4 is 49.2 Å². The van der Waals surface area contributed by atoms with Crippen LogP contribution in [0.15, 0.2) is 33.8 Å². The molecule has 1 fully saturated rings. The first-order valence-corrected chi connectivity index (χ1v) is 12.1. The van der Waals surface area contributed by atoms with Crippen molar-refractivity contribution in [1.82, 2.24) is 14.5 Å². The number of aromatic nitrogens is 2. The molecule has 176 valence electrons. The van der Waals surface area contributed by atoms with Gasteiger partial charge in [0.25, 0.3) is 5.56 Å². The van der Waals surface area contributed by atoms with Gasteiger partial charge < -0.3 is 4.90 Å². The van der Waals surface area contributed by atoms with E-state index in [1.807, 2.05) is 0 Å². The van der Waals surface area contributed by atoms with E-state index in [4.69, 9.17) is 0 Å². The molecule has 3 heterocycles. The molecule has 4 rings (SSSR count). The molecule has 0 saturated carbocycles. The van der Waals surface area contributed by atoms with Gasteiger partial charge in [0.05, 0.1) is 34.2 Å². The summed E-state index contributed by atoms with van der Waals surface area (Å²) in [5.41, 5.74) is -0.957. The largest absolute Gasteiger partial charge is 0.335 e. The lowest BCUT2D eigenvalue weighted by molar-refractivity contribution is -0.144. The molecule has 0 N–H and O–H groups in total. The Balaban J connectivity index is 1.84. The predicted molar refractivity (Wildman–Crippen MR) is 130 cm³/mol. The lowest BCUT2D eigenvalue weighted by atomic mass is 9.99. The minimum Gasteiger partial charge on any atom is -0.335 e. The number of rotatable bonds is 4. The van der Waals surface area contributed by atoms with Gasteiger partial charge in [-0.25, -0.2) is 13.8 Å². The van der Waals surface area contributed by atoms with Crippen LogP contribution >= 0.6 is 27.3 Å². The number of benzene rings is 1. The van der Waals surface area contributed by atoms with Crippen LogP contribution in [-0.2, 0) is 16.1 Å². The maximum atomic E-state index is 13.9. The van der Waals surface area contributed by atoms with Gasteiger partial charge in [-0.3, -0.25) is 19.0 Å². The van der Waals surface area contributed by atoms with Gasteiger partial charge >= 0.3 is 0 Å². The molecule has 1 saturated heterocycles. The monoisotopic (exact) mass is 547 g/mol. The summed E-state index contributed by atoms with van der Waals surface area (Å²) in [4.78, 5) is 44.5. The fraction of sp³-hybridized carbons (Fsp3) is 0.333. The lowest BCUT2D eigenvalue weighted by Gasteiger charge is -2.42. The van der Waals surface area contributed by atoms with Crippen molar-refractivity contribution < 1.29 is 18.4 Å². The van der Waals surface area contributed by atoms with Crippen LogP contribution in [0.4, 0.5) is 8.78 Å². The second kappa shape index (κ2) is 9.04. The van der Waals surface area contributed by atoms with Crippen LogP contribution in [0.3, 0.4) is 0 Å². The number of carbonyl (C=O) groups is 2. The zero-order valence-electron chi connectivity index (χ0n) is 18.6. The van der Waals surface area contributed by atoms with E-state index in [9.17, 15) is 23.2 Å². The molecule has 0 unspecified atom stereocenters. The van der Waals surface area contributed by atoms with Gasteiger partial charge in [-0.05, 0) is 52.4 Å². The summed E-state index contributed by atoms with van der Waals surface area (Å²) in [7, 11) is 0. The first kappa shape index (κ1) is 24.2. The summed E-state index contributed by atoms with van der Waals surface area (Å²) in [5.74, 6) is 4.07. The normalized spacial score (nSPS) is 14.6. The molecule has 0 radical (unpaired) electrons. The molecule has 0 spiro atoms. The SMILES string of the molecule is CC(C)C(=O)C#Cc1sc2ncn(CC(=O)N3CC(C)(F)C3)c(=O)c2c1-c1ccc(F)c(Br)c1. The Morgan fingerprint density at radius 3 is 2.65 bits per heavy atom. The van der Waals surface area contributed by atoms with E-state index in [-0.39, 0.29) is 47.1 Å². The van der Waals surface area contributed by atoms with Gasteiger partial charge in [-0.2, -0.15) is 0 Å². The van der Waals surface area contributed by atoms with Crippen molar-refractivity contribution in [2.45, 2.75) is 33.0 Å². The maximum absolute atomic E-state index is 13.9. The van der Waals surface area contributed by atoms with Crippen LogP contribution in [0.1, 0.15) is 25.6 Å². The fourth-order valence-electron chi connectivity index (χ4n) is 3.59. The van der Waals surface area contributed by atoms with E-state index in [1.54, 1.807) is 13.8 Å². The predicted octanol–water partition coefficient (Wildman–Crippen LogP) is 4.17. The zero-order valence-corrected chi connectivity index (χ0v) is 21.0. The quantitative estimate of drug-likeness (QED) is 0.459. The van der Waals surface area contributed by atoms with E-state index in [1.165, 1.54) is 40.9 Å². The smallest absolute Gasteiger partial charge is 0.263 e. The van der Waals surface area contributed by atoms with Crippen molar-refractivity contribution in [3.63, 3.8) is 0 Å². The number of alkyl halides is 1. The Hall–Kier alpha value is -2.90. The van der Waals surface area contributed by atoms with Gasteiger partial charge in [0.1, 0.15) is 22.9 Å². The van der Waals surface area contributed by atoms with Gasteiger partial charge in [0.2, 0.25) is 11.7 Å². The molecule has 10 heteroatoms. The average molecular weight is 548 g/mol. The summed E-state index contributed by atoms with van der Waals surface area (Å²) in [6.45, 7) is 4.57. The van der Waals surface area contributed by atoms with E-state index in [0.29, 0.717) is 20.8 Å². The molecule has 0 bridgehead atoms. The molecule has 1 aliphatic rings. The van der Waals surface area contributed by atoms with E-state index >= 15 is 0 Å². The second-order valence-corrected chi connectivity index (χ2v) is 10.6. The van der Waals surface area contributed by atoms with Crippen LogP contribution < -0.4 is 5.56 Å². The highest BCUT2D eigenvalue weighted by Gasteiger charge is 2.41. The Kier molecular flexibility index (Phi) is 6.44. The Morgan fingerprint density at radius 2 is 2.03 bits per heavy atom. The molecule has 1 aliphatic heterocycles. The van der Waals surface area contributed by atoms with Crippen LogP contribution in [0.5, 0.6) is 0 Å². The number of carbonyl (C=O) groups excluding carboxylic acids is 2. The number of likely N-dealkylation sites (tertiary alicyclic amines) is 1. The molecule has 0 aliphatic carbocycles. The zero-order chi connectivity index (χ0) is 24.8. The molecular formula is C24H20BrF2N3O3S. The summed E-state index contributed by atoms with van der Waals surface area (Å²) in [6.07, 6.45) is 1.27. The number of amides is 1. The summed E-state index contributed by atoms with van der Waals surface area (Å²) in [5, 5.41) is 0.221. The number of hydrogen-bond acceptors (Lipinski definition) is 5. The molecular weight excluding hydrogens is 528 g/mol. The molecule has 2 aromatic heterocycles. The molecule has 1 amide bonds. The van der Waals surface area contributed by atoms with Crippen LogP contribution in [0.2, 0.25) is 0 Å². The number of hydrogen-bond donors (Lipinski definition) is 0. The Morgan fingerprint density at radius 1 is 1.32 bits per heavy atom. The van der Waals surface area contributed by atoms with Gasteiger partial charge in [-0.1, -0.05) is 19.9 Å². The average Bonchev–Trinajstić information content (AvgIpc) is 3.13. The van der Waals surface area contributed by atoms with Crippen LogP contribution in [0.25, 0.3) is 21.3 Å². The fourth-order valence-corrected chi connectivity index (χ4v) is 4.98. The third kappa shape index (κ3) is 4.68. The van der Waals surface area contributed by atoms with Crippen molar-refractivity contribution in [2.75, 3.05) is 13.1 Å². The summed E-state index contributed by atoms with van der Waals surface area (Å²) < 4.78 is 29.0. The van der Waals surface area contributed by atoms with E-state index in [0.717, 1.165) is 11.3 Å². The third-order valence-electron chi connectivity index (χ3n) is 5.41. The van der Waals surface area contributed by atoms with E-state index in [2.05, 4.69) is 32.8 Å². The Bertz CT molecular complexity index is 1440. The van der Waals surface area contributed by atoms with Crippen molar-refractivity contribution in [3.8, 4) is 23.0 Å². The van der Waals surface area contributed by atoms with Gasteiger partial charge in [0, 0.05) is 11.5 Å². The Labute approximate surface area is 206 Å². The molecule has 6 nitrogen and oxygen atoms in total. The number of halogens is 3. The topological polar surface area (TPSA) is 72.3 Å². The van der Waals surface area contributed by atoms with Crippen molar-refractivity contribution in [1.29, 1.82) is 0 Å². The van der Waals surface area contributed by atoms with E-state index < -0.39 is 17.0 Å². The van der Waals surface area contributed by atoms with Crippen molar-refractivity contribution in [3.05, 3.63) is 50.0 Å². The standard InChI is InChI=1S/C24H20BrF2N3O3S/c1-13(2)17(31)6-7-18-20(14-4-5-16(26)15(25)8-14)21-22(34-18)28-12-29(23(21)33)9-19(32)30-10-24(3,27)11-30/h4-5,8,12-13H,9-11H2,1-3H3. The third-order valence-corrected chi connectivity index (χ3v) is 7.03. The molecule has 1 aromatic carbocycles. The number of nitrogens with zero attached hydrogens (tertiary/aromatic N) is 3. The second-order valence-electron chi connectivity index (χ2n) is 8.72. The minimum atomic E-state index is -1.42. The molecule has 34 heavy (non-hydrogen) atoms. The maximum Gasteiger partial charge on any atom is 0.263 e. The minimum absolute atomic E-state index is 0.0207. The van der Waals surface area contributed by atoms with Crippen LogP contribution in [-0.4, -0.2) is 44.9 Å². The molecule has 3 aromatic rings. The first-order chi connectivity index (χ1) is 16.0. The van der Waals surface area contributed by atoms with Crippen molar-refractivity contribution in [2.24, 2.45) is 5.92 Å². The highest BCUT2D eigenvalue weighted by Crippen LogP contribution is 2.37. The number of Topliss-reactive ketones (excluding diaryl/α,β-unsaturated/α-hetero) is 1. The molecule has 0 atom stereocenters. The summed E-state index contributed by atoms with van der Waals surface area (Å²) >= 11 is 4.31. The lowest BCUT2D eigenvalue weighted by Crippen LogP contribution is -2.60. The summed E-state index contributed by atoms with van der Waals surface area (Å²) in [6, 6.07) is 4.30. The number of fused-ring (bicyclic) bond motifs is 1.